The fraction of sp³-hybridized carbons (Fsp3) is 0.643. The molecule has 3 heterocycles. The van der Waals surface area contributed by atoms with Crippen molar-refractivity contribution >= 4 is 17.7 Å². The molecule has 0 bridgehead atoms. The van der Waals surface area contributed by atoms with Gasteiger partial charge >= 0.3 is 0 Å². The fourth-order valence-corrected chi connectivity index (χ4v) is 3.97. The summed E-state index contributed by atoms with van der Waals surface area (Å²) >= 11 is 1.48. The molecule has 3 rings (SSSR count). The average molecular weight is 309 g/mol. The number of carbonyl (C=O) groups excluding carboxylic acids is 1. The maximum atomic E-state index is 12.7. The Bertz CT molecular complexity index is 593. The number of nitrogens with zero attached hydrogens (tertiary/aromatic N) is 3. The highest BCUT2D eigenvalue weighted by atomic mass is 32.2. The minimum Gasteiger partial charge on any atom is -0.372 e. The van der Waals surface area contributed by atoms with Crippen molar-refractivity contribution < 1.29 is 9.53 Å². The Kier molecular flexibility index (Phi) is 4.03. The van der Waals surface area contributed by atoms with E-state index in [1.165, 1.54) is 24.0 Å². The lowest BCUT2D eigenvalue weighted by molar-refractivity contribution is -0.147. The Balaban J connectivity index is 1.75. The molecule has 0 aliphatic carbocycles. The van der Waals surface area contributed by atoms with E-state index in [1.54, 1.807) is 4.57 Å². The predicted octanol–water partition coefficient (Wildman–Crippen LogP) is 0.601. The molecular weight excluding hydrogens is 290 g/mol. The second-order valence-corrected chi connectivity index (χ2v) is 6.67. The van der Waals surface area contributed by atoms with Crippen LogP contribution in [0.4, 0.5) is 0 Å². The van der Waals surface area contributed by atoms with Crippen LogP contribution in [0, 0.1) is 5.92 Å². The molecule has 1 saturated heterocycles. The van der Waals surface area contributed by atoms with Crippen molar-refractivity contribution in [3.05, 3.63) is 22.6 Å². The average Bonchev–Trinajstić information content (AvgIpc) is 2.45. The molecule has 2 aliphatic heterocycles. The minimum absolute atomic E-state index is 0.0608. The van der Waals surface area contributed by atoms with E-state index >= 15 is 0 Å². The van der Waals surface area contributed by atoms with Crippen molar-refractivity contribution in [2.75, 3.05) is 18.8 Å². The first-order chi connectivity index (χ1) is 10.0. The minimum atomic E-state index is -0.165. The van der Waals surface area contributed by atoms with Gasteiger partial charge in [-0.2, -0.15) is 0 Å². The normalized spacial score (nSPS) is 29.0. The molecule has 7 heteroatoms. The van der Waals surface area contributed by atoms with E-state index in [-0.39, 0.29) is 29.6 Å². The molecule has 1 aromatic rings. The molecule has 3 atom stereocenters. The van der Waals surface area contributed by atoms with Crippen LogP contribution in [0.1, 0.15) is 13.8 Å². The number of carbonyl (C=O) groups is 1. The third-order valence-corrected chi connectivity index (χ3v) is 4.95. The molecule has 6 nitrogen and oxygen atoms in total. The number of fused-ring (bicyclic) bond motifs is 1. The van der Waals surface area contributed by atoms with Crippen LogP contribution in [0.5, 0.6) is 0 Å². The molecule has 0 spiro atoms. The first kappa shape index (κ1) is 14.6. The van der Waals surface area contributed by atoms with Crippen LogP contribution in [0.15, 0.2) is 22.2 Å². The van der Waals surface area contributed by atoms with Crippen molar-refractivity contribution in [3.63, 3.8) is 0 Å². The number of rotatable bonds is 1. The van der Waals surface area contributed by atoms with Gasteiger partial charge in [0.15, 0.2) is 5.16 Å². The molecule has 0 radical (unpaired) electrons. The number of thioether (sulfide) groups is 1. The summed E-state index contributed by atoms with van der Waals surface area (Å²) in [4.78, 5) is 30.6. The van der Waals surface area contributed by atoms with Crippen molar-refractivity contribution in [2.24, 2.45) is 5.92 Å². The lowest BCUT2D eigenvalue weighted by Crippen LogP contribution is -2.51. The smallest absolute Gasteiger partial charge is 0.254 e. The van der Waals surface area contributed by atoms with Gasteiger partial charge < -0.3 is 9.64 Å². The Morgan fingerprint density at radius 1 is 1.33 bits per heavy atom. The van der Waals surface area contributed by atoms with Gasteiger partial charge in [-0.3, -0.25) is 14.2 Å². The molecule has 114 valence electrons. The zero-order valence-electron chi connectivity index (χ0n) is 12.2. The number of hydrogen-bond donors (Lipinski definition) is 0. The van der Waals surface area contributed by atoms with E-state index in [1.807, 2.05) is 18.7 Å². The van der Waals surface area contributed by atoms with Crippen LogP contribution in [0.25, 0.3) is 0 Å². The maximum Gasteiger partial charge on any atom is 0.254 e. The van der Waals surface area contributed by atoms with Crippen LogP contribution in [0.2, 0.25) is 0 Å². The Morgan fingerprint density at radius 3 is 2.76 bits per heavy atom. The highest BCUT2D eigenvalue weighted by Gasteiger charge is 2.33. The first-order valence-electron chi connectivity index (χ1n) is 7.17. The second-order valence-electron chi connectivity index (χ2n) is 5.68. The summed E-state index contributed by atoms with van der Waals surface area (Å²) in [5.41, 5.74) is -0.0892. The van der Waals surface area contributed by atoms with Gasteiger partial charge in [0.25, 0.3) is 5.56 Å². The van der Waals surface area contributed by atoms with Crippen molar-refractivity contribution in [1.29, 1.82) is 0 Å². The van der Waals surface area contributed by atoms with E-state index < -0.39 is 0 Å². The Morgan fingerprint density at radius 2 is 2.05 bits per heavy atom. The zero-order chi connectivity index (χ0) is 15.0. The van der Waals surface area contributed by atoms with Crippen molar-refractivity contribution in [2.45, 2.75) is 37.8 Å². The monoisotopic (exact) mass is 309 g/mol. The van der Waals surface area contributed by atoms with Gasteiger partial charge in [-0.25, -0.2) is 4.98 Å². The lowest BCUT2D eigenvalue weighted by atomic mass is 10.1. The SMILES string of the molecule is CC1CN(C(=O)C2CSc3nccc(=O)n3C2)CC(C)O1. The summed E-state index contributed by atoms with van der Waals surface area (Å²) in [7, 11) is 0. The maximum absolute atomic E-state index is 12.7. The first-order valence-corrected chi connectivity index (χ1v) is 8.16. The van der Waals surface area contributed by atoms with Gasteiger partial charge in [-0.15, -0.1) is 0 Å². The standard InChI is InChI=1S/C14H19N3O3S/c1-9-5-16(6-10(2)20-9)13(19)11-7-17-12(18)3-4-15-14(17)21-8-11/h3-4,9-11H,5-8H2,1-2H3. The van der Waals surface area contributed by atoms with Gasteiger partial charge in [0.05, 0.1) is 18.1 Å². The van der Waals surface area contributed by atoms with E-state index in [0.717, 1.165) is 0 Å². The van der Waals surface area contributed by atoms with E-state index in [2.05, 4.69) is 4.98 Å². The Labute approximate surface area is 127 Å². The van der Waals surface area contributed by atoms with Crippen LogP contribution in [-0.2, 0) is 16.1 Å². The van der Waals surface area contributed by atoms with Gasteiger partial charge in [0.1, 0.15) is 0 Å². The lowest BCUT2D eigenvalue weighted by Gasteiger charge is -2.37. The van der Waals surface area contributed by atoms with Crippen LogP contribution in [0.3, 0.4) is 0 Å². The van der Waals surface area contributed by atoms with E-state index in [9.17, 15) is 9.59 Å². The summed E-state index contributed by atoms with van der Waals surface area (Å²) in [6.45, 7) is 5.64. The summed E-state index contributed by atoms with van der Waals surface area (Å²) in [5.74, 6) is 0.628. The third kappa shape index (κ3) is 2.98. The van der Waals surface area contributed by atoms with E-state index in [4.69, 9.17) is 4.74 Å². The van der Waals surface area contributed by atoms with Gasteiger partial charge in [0.2, 0.25) is 5.91 Å². The van der Waals surface area contributed by atoms with Gasteiger partial charge in [-0.1, -0.05) is 11.8 Å². The van der Waals surface area contributed by atoms with Gasteiger partial charge in [0, 0.05) is 37.7 Å². The molecule has 0 N–H and O–H groups in total. The number of ether oxygens (including phenoxy) is 1. The molecule has 2 aliphatic rings. The van der Waals surface area contributed by atoms with Crippen molar-refractivity contribution in [3.8, 4) is 0 Å². The summed E-state index contributed by atoms with van der Waals surface area (Å²) in [5, 5.41) is 0.704. The molecule has 0 saturated carbocycles. The molecular formula is C14H19N3O3S. The molecule has 1 aromatic heterocycles. The highest BCUT2D eigenvalue weighted by molar-refractivity contribution is 7.99. The molecule has 0 aromatic carbocycles. The quantitative estimate of drug-likeness (QED) is 0.711. The molecule has 21 heavy (non-hydrogen) atoms. The van der Waals surface area contributed by atoms with Gasteiger partial charge in [-0.05, 0) is 13.8 Å². The predicted molar refractivity (Wildman–Crippen MR) is 79.3 cm³/mol. The topological polar surface area (TPSA) is 64.4 Å². The number of morpholine rings is 1. The number of amides is 1. The fourth-order valence-electron chi connectivity index (χ4n) is 2.92. The highest BCUT2D eigenvalue weighted by Crippen LogP contribution is 2.26. The number of aromatic nitrogens is 2. The molecule has 1 fully saturated rings. The van der Waals surface area contributed by atoms with Crippen LogP contribution >= 0.6 is 11.8 Å². The summed E-state index contributed by atoms with van der Waals surface area (Å²) < 4.78 is 7.27. The summed E-state index contributed by atoms with van der Waals surface area (Å²) in [6.07, 6.45) is 1.64. The second kappa shape index (κ2) is 5.81. The molecule has 3 unspecified atom stereocenters. The van der Waals surface area contributed by atoms with Crippen LogP contribution < -0.4 is 5.56 Å². The molecule has 1 amide bonds. The number of hydrogen-bond acceptors (Lipinski definition) is 5. The van der Waals surface area contributed by atoms with E-state index in [0.29, 0.717) is 30.5 Å². The largest absolute Gasteiger partial charge is 0.372 e. The van der Waals surface area contributed by atoms with Crippen molar-refractivity contribution in [1.82, 2.24) is 14.5 Å². The zero-order valence-corrected chi connectivity index (χ0v) is 13.0. The van der Waals surface area contributed by atoms with Crippen LogP contribution in [-0.4, -0.2) is 51.4 Å². The Hall–Kier alpha value is -1.34. The summed E-state index contributed by atoms with van der Waals surface area (Å²) in [6, 6.07) is 1.44. The third-order valence-electron chi connectivity index (χ3n) is 3.80.